The minimum Gasteiger partial charge on any atom is -0.494 e. The van der Waals surface area contributed by atoms with Gasteiger partial charge in [0, 0.05) is 24.2 Å². The van der Waals surface area contributed by atoms with Gasteiger partial charge in [-0.2, -0.15) is 0 Å². The largest absolute Gasteiger partial charge is 0.494 e. The summed E-state index contributed by atoms with van der Waals surface area (Å²) in [4.78, 5) is 45.1. The lowest BCUT2D eigenvalue weighted by Gasteiger charge is -2.24. The molecule has 0 spiro atoms. The van der Waals surface area contributed by atoms with Crippen molar-refractivity contribution in [3.8, 4) is 22.8 Å². The van der Waals surface area contributed by atoms with Crippen LogP contribution in [-0.2, 0) is 27.2 Å². The molecule has 4 N–H and O–H groups in total. The number of aliphatic hydroxyl groups is 1. The molecule has 3 amide bonds. The van der Waals surface area contributed by atoms with Crippen molar-refractivity contribution in [3.05, 3.63) is 108 Å². The quantitative estimate of drug-likeness (QED) is 0.193. The van der Waals surface area contributed by atoms with Crippen LogP contribution in [0.25, 0.3) is 17.3 Å². The Kier molecular flexibility index (Phi) is 13.5. The second kappa shape index (κ2) is 18.7. The fourth-order valence-electron chi connectivity index (χ4n) is 5.85. The second-order valence-corrected chi connectivity index (χ2v) is 12.7. The molecular formula is C40H46FN5O6. The summed E-state index contributed by atoms with van der Waals surface area (Å²) in [5, 5.41) is 18.2. The van der Waals surface area contributed by atoms with E-state index in [1.54, 1.807) is 42.1 Å². The maximum atomic E-state index is 14.0. The van der Waals surface area contributed by atoms with E-state index < -0.39 is 42.5 Å². The Bertz CT molecular complexity index is 1820. The molecule has 6 rings (SSSR count). The van der Waals surface area contributed by atoms with Gasteiger partial charge in [0.1, 0.15) is 42.0 Å². The first kappa shape index (κ1) is 37.8. The number of hydrogen-bond acceptors (Lipinski definition) is 7. The number of aliphatic hydroxyl groups excluding tert-OH is 1. The molecule has 2 aliphatic heterocycles. The normalized spacial score (nSPS) is 17.9. The molecule has 0 radical (unpaired) electrons. The van der Waals surface area contributed by atoms with Crippen molar-refractivity contribution in [2.24, 2.45) is 0 Å². The average molecular weight is 712 g/mol. The van der Waals surface area contributed by atoms with Gasteiger partial charge in [0.25, 0.3) is 0 Å². The molecule has 0 saturated heterocycles. The zero-order chi connectivity index (χ0) is 36.9. The van der Waals surface area contributed by atoms with Gasteiger partial charge < -0.3 is 35.1 Å². The molecule has 11 nitrogen and oxygen atoms in total. The first-order valence-corrected chi connectivity index (χ1v) is 17.7. The highest BCUT2D eigenvalue weighted by Crippen LogP contribution is 2.27. The van der Waals surface area contributed by atoms with E-state index in [2.05, 4.69) is 20.9 Å². The highest BCUT2D eigenvalue weighted by Gasteiger charge is 2.29. The summed E-state index contributed by atoms with van der Waals surface area (Å²) in [5.41, 5.74) is 3.75. The number of benzene rings is 3. The number of amides is 3. The predicted octanol–water partition coefficient (Wildman–Crippen LogP) is 4.79. The number of aromatic nitrogens is 2. The Labute approximate surface area is 303 Å². The van der Waals surface area contributed by atoms with Crippen LogP contribution < -0.4 is 25.4 Å². The van der Waals surface area contributed by atoms with E-state index in [1.165, 1.54) is 12.1 Å². The fourth-order valence-corrected chi connectivity index (χ4v) is 5.85. The van der Waals surface area contributed by atoms with Crippen LogP contribution in [0.1, 0.15) is 56.0 Å². The van der Waals surface area contributed by atoms with Gasteiger partial charge in [0.2, 0.25) is 17.7 Å². The Hall–Kier alpha value is -5.49. The van der Waals surface area contributed by atoms with Crippen LogP contribution in [0.3, 0.4) is 0 Å². The molecular weight excluding hydrogens is 665 g/mol. The van der Waals surface area contributed by atoms with Gasteiger partial charge in [-0.3, -0.25) is 14.4 Å². The zero-order valence-electron chi connectivity index (χ0n) is 29.5. The molecule has 2 aliphatic rings. The summed E-state index contributed by atoms with van der Waals surface area (Å²) in [6.07, 6.45) is 8.24. The van der Waals surface area contributed by atoms with Crippen LogP contribution in [0.5, 0.6) is 11.5 Å². The minimum atomic E-state index is -1.20. The minimum absolute atomic E-state index is 0.103. The van der Waals surface area contributed by atoms with Crippen LogP contribution in [0.4, 0.5) is 4.39 Å². The van der Waals surface area contributed by atoms with Gasteiger partial charge in [0.05, 0.1) is 25.2 Å². The van der Waals surface area contributed by atoms with Crippen LogP contribution in [0.15, 0.2) is 85.2 Å². The average Bonchev–Trinajstić information content (AvgIpc) is 3.57. The molecule has 3 atom stereocenters. The van der Waals surface area contributed by atoms with Crippen molar-refractivity contribution in [1.82, 2.24) is 25.5 Å². The molecule has 0 aliphatic carbocycles. The molecule has 274 valence electrons. The third-order valence-corrected chi connectivity index (χ3v) is 8.79. The lowest BCUT2D eigenvalue weighted by Crippen LogP contribution is -2.56. The Morgan fingerprint density at radius 2 is 1.87 bits per heavy atom. The lowest BCUT2D eigenvalue weighted by atomic mass is 10.0. The Balaban J connectivity index is 1.45. The summed E-state index contributed by atoms with van der Waals surface area (Å²) in [6, 6.07) is 17.9. The van der Waals surface area contributed by atoms with Crippen molar-refractivity contribution in [3.63, 3.8) is 0 Å². The van der Waals surface area contributed by atoms with Gasteiger partial charge in [-0.05, 0) is 91.9 Å². The number of fused-ring (bicyclic) bond motifs is 11. The molecule has 1 aromatic heterocycles. The highest BCUT2D eigenvalue weighted by molar-refractivity contribution is 5.93. The number of ether oxygens (including phenoxy) is 2. The first-order chi connectivity index (χ1) is 25.2. The molecule has 3 aromatic carbocycles. The highest BCUT2D eigenvalue weighted by atomic mass is 19.1. The van der Waals surface area contributed by atoms with Crippen molar-refractivity contribution in [1.29, 1.82) is 0 Å². The summed E-state index contributed by atoms with van der Waals surface area (Å²) < 4.78 is 27.6. The third kappa shape index (κ3) is 10.3. The SMILES string of the molecule is CCCCNC(=O)[C@H](CO)NC(=O)[C@@H]1Cc2ccc(cc2)OC/C=C\c2cccc(c2)OCCCc2c(-c3ccc(F)cc3)ncn2[C@@H](C)C(=O)N1. The molecule has 52 heavy (non-hydrogen) atoms. The Morgan fingerprint density at radius 1 is 1.08 bits per heavy atom. The topological polar surface area (TPSA) is 144 Å². The molecule has 0 fully saturated rings. The zero-order valence-corrected chi connectivity index (χ0v) is 29.5. The van der Waals surface area contributed by atoms with Crippen LogP contribution >= 0.6 is 0 Å². The van der Waals surface area contributed by atoms with Gasteiger partial charge >= 0.3 is 0 Å². The maximum absolute atomic E-state index is 14.0. The Morgan fingerprint density at radius 3 is 2.62 bits per heavy atom. The number of carbonyl (C=O) groups excluding carboxylic acids is 3. The maximum Gasteiger partial charge on any atom is 0.244 e. The number of carbonyl (C=O) groups is 3. The van der Waals surface area contributed by atoms with Crippen molar-refractivity contribution in [2.45, 2.75) is 64.1 Å². The van der Waals surface area contributed by atoms with Crippen molar-refractivity contribution in [2.75, 3.05) is 26.4 Å². The standard InChI is InChI=1S/C40H46FN5O6/c1-3-4-20-42-39(49)35(25-47)45-40(50)34-24-29-12-18-32(19-13-29)51-21-6-9-28-8-5-10-33(23-28)52-22-7-11-36-37(30-14-16-31(41)17-15-30)43-26-46(36)27(2)38(48)44-34/h5-6,8-10,12-19,23,26-27,34-35,47H,3-4,7,11,20-22,24-25H2,1-2H3,(H,42,49)(H,44,48)(H,45,50)/b9-6-/t27-,34-,35-/m0/s1. The smallest absolute Gasteiger partial charge is 0.244 e. The number of unbranched alkanes of at least 4 members (excludes halogenated alkanes) is 1. The number of nitrogens with zero attached hydrogens (tertiary/aromatic N) is 2. The molecule has 0 unspecified atom stereocenters. The fraction of sp³-hybridized carbons (Fsp3) is 0.350. The van der Waals surface area contributed by atoms with E-state index in [0.717, 1.165) is 29.7 Å². The number of nitrogens with one attached hydrogen (secondary N) is 3. The van der Waals surface area contributed by atoms with Gasteiger partial charge in [-0.25, -0.2) is 9.37 Å². The molecule has 12 heteroatoms. The second-order valence-electron chi connectivity index (χ2n) is 12.7. The summed E-state index contributed by atoms with van der Waals surface area (Å²) in [5.74, 6) is -0.623. The van der Waals surface area contributed by atoms with E-state index in [9.17, 15) is 23.9 Å². The molecule has 4 aromatic rings. The lowest BCUT2D eigenvalue weighted by molar-refractivity contribution is -0.133. The van der Waals surface area contributed by atoms with Gasteiger partial charge in [-0.1, -0.05) is 43.7 Å². The van der Waals surface area contributed by atoms with Crippen molar-refractivity contribution >= 4 is 23.8 Å². The number of imidazole rings is 1. The van der Waals surface area contributed by atoms with E-state index >= 15 is 0 Å². The third-order valence-electron chi connectivity index (χ3n) is 8.79. The summed E-state index contributed by atoms with van der Waals surface area (Å²) >= 11 is 0. The molecule has 4 bridgehead atoms. The van der Waals surface area contributed by atoms with Crippen molar-refractivity contribution < 1.29 is 33.4 Å². The van der Waals surface area contributed by atoms with Gasteiger partial charge in [-0.15, -0.1) is 0 Å². The first-order valence-electron chi connectivity index (χ1n) is 17.7. The van der Waals surface area contributed by atoms with E-state index in [1.807, 2.05) is 55.5 Å². The van der Waals surface area contributed by atoms with Crippen LogP contribution in [-0.4, -0.2) is 70.8 Å². The van der Waals surface area contributed by atoms with Crippen LogP contribution in [0, 0.1) is 5.82 Å². The number of halogens is 1. The van der Waals surface area contributed by atoms with Crippen LogP contribution in [0.2, 0.25) is 0 Å². The summed E-state index contributed by atoms with van der Waals surface area (Å²) in [7, 11) is 0. The predicted molar refractivity (Wildman–Crippen MR) is 196 cm³/mol. The number of rotatable bonds is 8. The van der Waals surface area contributed by atoms with E-state index in [-0.39, 0.29) is 12.2 Å². The number of hydrogen-bond donors (Lipinski definition) is 4. The van der Waals surface area contributed by atoms with E-state index in [4.69, 9.17) is 9.47 Å². The molecule has 3 heterocycles. The van der Waals surface area contributed by atoms with Gasteiger partial charge in [0.15, 0.2) is 0 Å². The summed E-state index contributed by atoms with van der Waals surface area (Å²) in [6.45, 7) is 4.22. The monoisotopic (exact) mass is 711 g/mol. The van der Waals surface area contributed by atoms with E-state index in [0.29, 0.717) is 55.4 Å². The molecule has 0 saturated carbocycles.